The van der Waals surface area contributed by atoms with Gasteiger partial charge in [0, 0.05) is 16.5 Å². The van der Waals surface area contributed by atoms with Crippen molar-refractivity contribution in [1.29, 1.82) is 0 Å². The minimum Gasteiger partial charge on any atom is -0.358 e. The van der Waals surface area contributed by atoms with Gasteiger partial charge in [-0.3, -0.25) is 0 Å². The SMILES string of the molecule is C=C[CH2-].[CH3-].[Ni+2].[Ni]. The molecule has 2 heteroatoms. The molecule has 0 atom stereocenters. The molecule has 0 spiro atoms. The van der Waals surface area contributed by atoms with E-state index in [-0.39, 0.29) is 40.4 Å². The van der Waals surface area contributed by atoms with Crippen LogP contribution in [-0.2, 0) is 33.0 Å². The molecule has 0 N–H and O–H groups in total. The molecule has 0 aliphatic rings. The summed E-state index contributed by atoms with van der Waals surface area (Å²) in [6.07, 6.45) is 1.50. The van der Waals surface area contributed by atoms with E-state index < -0.39 is 0 Å². The van der Waals surface area contributed by atoms with Crippen LogP contribution < -0.4 is 0 Å². The van der Waals surface area contributed by atoms with Gasteiger partial charge in [0.05, 0.1) is 0 Å². The van der Waals surface area contributed by atoms with Gasteiger partial charge in [0.2, 0.25) is 0 Å². The number of allylic oxidation sites excluding steroid dienone is 1. The minimum absolute atomic E-state index is 0. The van der Waals surface area contributed by atoms with E-state index in [2.05, 4.69) is 13.5 Å². The second-order valence-corrected chi connectivity index (χ2v) is 0.289. The summed E-state index contributed by atoms with van der Waals surface area (Å²) in [4.78, 5) is 0. The van der Waals surface area contributed by atoms with Gasteiger partial charge in [-0.15, -0.1) is 0 Å². The molecule has 0 saturated heterocycles. The molecule has 0 saturated carbocycles. The maximum atomic E-state index is 3.25. The average molecular weight is 173 g/mol. The summed E-state index contributed by atoms with van der Waals surface area (Å²) in [5, 5.41) is 0. The Morgan fingerprint density at radius 2 is 1.50 bits per heavy atom. The van der Waals surface area contributed by atoms with Gasteiger partial charge in [0.25, 0.3) is 0 Å². The van der Waals surface area contributed by atoms with Crippen LogP contribution in [0.5, 0.6) is 0 Å². The van der Waals surface area contributed by atoms with Crippen molar-refractivity contribution >= 4 is 0 Å². The molecule has 0 aromatic carbocycles. The molecule has 0 heterocycles. The van der Waals surface area contributed by atoms with Gasteiger partial charge in [-0.05, 0) is 0 Å². The van der Waals surface area contributed by atoms with Crippen molar-refractivity contribution in [2.24, 2.45) is 0 Å². The predicted octanol–water partition coefficient (Wildman–Crippen LogP) is 1.45. The third-order valence-electron chi connectivity index (χ3n) is 0. The van der Waals surface area contributed by atoms with Gasteiger partial charge in [0.1, 0.15) is 0 Å². The molecule has 6 heavy (non-hydrogen) atoms. The summed E-state index contributed by atoms with van der Waals surface area (Å²) in [6, 6.07) is 0. The Kier molecular flexibility index (Phi) is 237. The maximum Gasteiger partial charge on any atom is 2.00 e. The van der Waals surface area contributed by atoms with Crippen LogP contribution in [0.15, 0.2) is 12.7 Å². The summed E-state index contributed by atoms with van der Waals surface area (Å²) in [7, 11) is 0. The van der Waals surface area contributed by atoms with Crippen molar-refractivity contribution in [2.75, 3.05) is 0 Å². The Hall–Kier alpha value is 0.597. The van der Waals surface area contributed by atoms with Crippen molar-refractivity contribution in [2.45, 2.75) is 0 Å². The molecule has 0 fully saturated rings. The van der Waals surface area contributed by atoms with Crippen LogP contribution in [0.2, 0.25) is 0 Å². The first-order chi connectivity index (χ1) is 1.41. The molecule has 0 bridgehead atoms. The second-order valence-electron chi connectivity index (χ2n) is 0.289. The first-order valence-electron chi connectivity index (χ1n) is 0.816. The molecule has 0 unspecified atom stereocenters. The molecule has 0 amide bonds. The van der Waals surface area contributed by atoms with Crippen LogP contribution in [0.4, 0.5) is 0 Å². The molecule has 0 aromatic heterocycles. The first kappa shape index (κ1) is 30.6. The number of hydrogen-bond acceptors (Lipinski definition) is 0. The number of hydrogen-bond donors (Lipinski definition) is 0. The van der Waals surface area contributed by atoms with E-state index in [1.54, 1.807) is 0 Å². The summed E-state index contributed by atoms with van der Waals surface area (Å²) in [6.45, 7) is 6.50. The fourth-order valence-corrected chi connectivity index (χ4v) is 0. The molecule has 0 aromatic rings. The summed E-state index contributed by atoms with van der Waals surface area (Å²) < 4.78 is 0. The predicted molar refractivity (Wildman–Crippen MR) is 22.0 cm³/mol. The third-order valence-corrected chi connectivity index (χ3v) is 0. The van der Waals surface area contributed by atoms with Crippen LogP contribution in [-0.4, -0.2) is 0 Å². The van der Waals surface area contributed by atoms with Gasteiger partial charge in [-0.2, -0.15) is 0 Å². The summed E-state index contributed by atoms with van der Waals surface area (Å²) >= 11 is 0. The molecular formula is C4H8Ni2. The second kappa shape index (κ2) is 46.4. The molecular weight excluding hydrogens is 165 g/mol. The summed E-state index contributed by atoms with van der Waals surface area (Å²) in [5.41, 5.74) is 0. The Morgan fingerprint density at radius 1 is 1.50 bits per heavy atom. The van der Waals surface area contributed by atoms with E-state index in [0.717, 1.165) is 0 Å². The molecule has 0 aliphatic heterocycles. The van der Waals surface area contributed by atoms with E-state index in [1.165, 1.54) is 6.08 Å². The first-order valence-corrected chi connectivity index (χ1v) is 0.816. The summed E-state index contributed by atoms with van der Waals surface area (Å²) in [5.74, 6) is 0. The maximum absolute atomic E-state index is 3.25. The van der Waals surface area contributed by atoms with E-state index in [0.29, 0.717) is 0 Å². The average Bonchev–Trinajstić information content (AvgIpc) is 0.918. The Balaban J connectivity index is -0.00000000667. The van der Waals surface area contributed by atoms with E-state index in [9.17, 15) is 0 Å². The van der Waals surface area contributed by atoms with Gasteiger partial charge in [0.15, 0.2) is 0 Å². The molecule has 0 nitrogen and oxygen atoms in total. The zero-order valence-electron chi connectivity index (χ0n) is 3.62. The van der Waals surface area contributed by atoms with Gasteiger partial charge in [-0.1, -0.05) is 0 Å². The van der Waals surface area contributed by atoms with Crippen molar-refractivity contribution in [3.63, 3.8) is 0 Å². The quantitative estimate of drug-likeness (QED) is 0.384. The Labute approximate surface area is 60.2 Å². The topological polar surface area (TPSA) is 0 Å². The Morgan fingerprint density at radius 3 is 1.50 bits per heavy atom. The van der Waals surface area contributed by atoms with Crippen LogP contribution in [0.25, 0.3) is 0 Å². The van der Waals surface area contributed by atoms with E-state index in [1.807, 2.05) is 0 Å². The van der Waals surface area contributed by atoms with E-state index in [4.69, 9.17) is 0 Å². The van der Waals surface area contributed by atoms with Crippen molar-refractivity contribution in [3.05, 3.63) is 27.0 Å². The fraction of sp³-hybridized carbons (Fsp3) is 0. The van der Waals surface area contributed by atoms with E-state index >= 15 is 0 Å². The fourth-order valence-electron chi connectivity index (χ4n) is 0. The van der Waals surface area contributed by atoms with Gasteiger partial charge >= 0.3 is 16.5 Å². The molecule has 44 valence electrons. The molecule has 0 radical (unpaired) electrons. The van der Waals surface area contributed by atoms with Crippen LogP contribution in [0.1, 0.15) is 0 Å². The largest absolute Gasteiger partial charge is 2.00 e. The van der Waals surface area contributed by atoms with Crippen LogP contribution in [0.3, 0.4) is 0 Å². The monoisotopic (exact) mass is 172 g/mol. The smallest absolute Gasteiger partial charge is 0.358 e. The van der Waals surface area contributed by atoms with Crippen molar-refractivity contribution in [3.8, 4) is 0 Å². The van der Waals surface area contributed by atoms with Gasteiger partial charge in [-0.25, -0.2) is 19.6 Å². The minimum atomic E-state index is 0. The van der Waals surface area contributed by atoms with Crippen LogP contribution in [0, 0.1) is 14.4 Å². The molecule has 0 rings (SSSR count). The normalized spacial score (nSPS) is 2.00. The standard InChI is InChI=1S/C3H5.CH3.2Ni/c1-3-2;;;/h3H,1-2H2;1H3;;/q2*-1;;+2. The zero-order valence-corrected chi connectivity index (χ0v) is 5.60. The van der Waals surface area contributed by atoms with Gasteiger partial charge < -0.3 is 7.43 Å². The van der Waals surface area contributed by atoms with Crippen molar-refractivity contribution in [1.82, 2.24) is 0 Å². The Bertz CT molecular complexity index is 13.0. The molecule has 0 aliphatic carbocycles. The van der Waals surface area contributed by atoms with Crippen molar-refractivity contribution < 1.29 is 33.0 Å². The van der Waals surface area contributed by atoms with Crippen LogP contribution >= 0.6 is 0 Å². The third kappa shape index (κ3) is 167. The number of rotatable bonds is 0. The zero-order chi connectivity index (χ0) is 2.71.